The van der Waals surface area contributed by atoms with Crippen molar-refractivity contribution >= 4 is 27.5 Å². The Morgan fingerprint density at radius 3 is 2.50 bits per heavy atom. The van der Waals surface area contributed by atoms with Gasteiger partial charge in [0.05, 0.1) is 11.6 Å². The minimum absolute atomic E-state index is 0.174. The molecule has 1 heterocycles. The zero-order valence-electron chi connectivity index (χ0n) is 9.13. The second-order valence-electron chi connectivity index (χ2n) is 3.86. The molecule has 1 aromatic heterocycles. The van der Waals surface area contributed by atoms with Crippen molar-refractivity contribution < 1.29 is 4.42 Å². The van der Waals surface area contributed by atoms with Crippen LogP contribution in [0.3, 0.4) is 0 Å². The molecule has 0 bridgehead atoms. The summed E-state index contributed by atoms with van der Waals surface area (Å²) in [7, 11) is 0. The summed E-state index contributed by atoms with van der Waals surface area (Å²) in [6, 6.07) is 8.15. The van der Waals surface area contributed by atoms with Crippen LogP contribution in [-0.2, 0) is 0 Å². The van der Waals surface area contributed by atoms with Crippen LogP contribution in [0.2, 0.25) is 0 Å². The van der Waals surface area contributed by atoms with Gasteiger partial charge >= 0.3 is 0 Å². The first-order valence-electron chi connectivity index (χ1n) is 5.03. The molecule has 0 radical (unpaired) electrons. The van der Waals surface area contributed by atoms with E-state index >= 15 is 0 Å². The van der Waals surface area contributed by atoms with Crippen LogP contribution in [0.4, 0.5) is 0 Å². The lowest BCUT2D eigenvalue weighted by Gasteiger charge is -2.10. The van der Waals surface area contributed by atoms with Gasteiger partial charge in [-0.2, -0.15) is 0 Å². The Hall–Kier alpha value is -0.730. The Labute approximate surface area is 109 Å². The number of benzene rings is 1. The Kier molecular flexibility index (Phi) is 3.41. The van der Waals surface area contributed by atoms with E-state index in [4.69, 9.17) is 16.0 Å². The minimum atomic E-state index is -0.174. The molecule has 1 aromatic carbocycles. The lowest BCUT2D eigenvalue weighted by molar-refractivity contribution is 0.537. The Morgan fingerprint density at radius 1 is 1.19 bits per heavy atom. The highest BCUT2D eigenvalue weighted by atomic mass is 79.9. The fraction of sp³-hybridized carbons (Fsp3) is 0.231. The number of furan rings is 1. The molecule has 1 nitrogen and oxygen atoms in total. The first kappa shape index (κ1) is 11.7. The van der Waals surface area contributed by atoms with Gasteiger partial charge in [0.15, 0.2) is 4.67 Å². The van der Waals surface area contributed by atoms with Crippen molar-refractivity contribution in [2.45, 2.75) is 19.2 Å². The summed E-state index contributed by atoms with van der Waals surface area (Å²) in [6.45, 7) is 4.18. The van der Waals surface area contributed by atoms with E-state index in [2.05, 4.69) is 48.0 Å². The van der Waals surface area contributed by atoms with E-state index < -0.39 is 0 Å². The smallest absolute Gasteiger partial charge is 0.173 e. The van der Waals surface area contributed by atoms with Crippen LogP contribution < -0.4 is 0 Å². The van der Waals surface area contributed by atoms with E-state index in [1.54, 1.807) is 6.26 Å². The van der Waals surface area contributed by atoms with Gasteiger partial charge in [-0.15, -0.1) is 11.6 Å². The molecule has 0 aliphatic rings. The highest BCUT2D eigenvalue weighted by molar-refractivity contribution is 9.10. The van der Waals surface area contributed by atoms with Gasteiger partial charge in [0.25, 0.3) is 0 Å². The van der Waals surface area contributed by atoms with Crippen molar-refractivity contribution in [1.82, 2.24) is 0 Å². The van der Waals surface area contributed by atoms with Crippen LogP contribution in [0.25, 0.3) is 0 Å². The molecule has 2 rings (SSSR count). The molecule has 0 aliphatic heterocycles. The number of aryl methyl sites for hydroxylation is 2. The number of alkyl halides is 1. The summed E-state index contributed by atoms with van der Waals surface area (Å²) < 4.78 is 5.89. The van der Waals surface area contributed by atoms with Crippen molar-refractivity contribution in [1.29, 1.82) is 0 Å². The third kappa shape index (κ3) is 2.18. The van der Waals surface area contributed by atoms with Gasteiger partial charge < -0.3 is 4.42 Å². The fourth-order valence-electron chi connectivity index (χ4n) is 1.59. The maximum atomic E-state index is 6.41. The highest BCUT2D eigenvalue weighted by Gasteiger charge is 2.16. The molecular formula is C13H12BrClO. The second kappa shape index (κ2) is 4.64. The Bertz CT molecular complexity index is 504. The normalized spacial score (nSPS) is 12.8. The zero-order valence-corrected chi connectivity index (χ0v) is 11.5. The lowest BCUT2D eigenvalue weighted by atomic mass is 10.0. The average molecular weight is 300 g/mol. The molecule has 0 aliphatic carbocycles. The standard InChI is InChI=1S/C13H12BrClO/c1-8-3-4-10(7-9(8)2)12(15)11-5-6-16-13(11)14/h3-7,12H,1-2H3. The predicted octanol–water partition coefficient (Wildman–Crippen LogP) is 4.99. The van der Waals surface area contributed by atoms with Crippen molar-refractivity contribution in [2.24, 2.45) is 0 Å². The molecule has 3 heteroatoms. The van der Waals surface area contributed by atoms with Crippen LogP contribution in [0.15, 0.2) is 39.6 Å². The molecule has 0 saturated carbocycles. The van der Waals surface area contributed by atoms with E-state index in [9.17, 15) is 0 Å². The van der Waals surface area contributed by atoms with Crippen LogP contribution in [-0.4, -0.2) is 0 Å². The van der Waals surface area contributed by atoms with Gasteiger partial charge in [-0.1, -0.05) is 18.2 Å². The largest absolute Gasteiger partial charge is 0.457 e. The second-order valence-corrected chi connectivity index (χ2v) is 5.01. The SMILES string of the molecule is Cc1ccc(C(Cl)c2ccoc2Br)cc1C. The Balaban J connectivity index is 2.38. The summed E-state index contributed by atoms with van der Waals surface area (Å²) in [4.78, 5) is 0. The molecule has 1 atom stereocenters. The molecule has 0 spiro atoms. The average Bonchev–Trinajstić information content (AvgIpc) is 2.67. The van der Waals surface area contributed by atoms with Crippen molar-refractivity contribution in [2.75, 3.05) is 0 Å². The van der Waals surface area contributed by atoms with Crippen LogP contribution in [0.1, 0.15) is 27.6 Å². The monoisotopic (exact) mass is 298 g/mol. The molecule has 0 fully saturated rings. The number of hydrogen-bond acceptors (Lipinski definition) is 1. The molecule has 16 heavy (non-hydrogen) atoms. The van der Waals surface area contributed by atoms with E-state index in [1.165, 1.54) is 11.1 Å². The first-order valence-corrected chi connectivity index (χ1v) is 6.26. The van der Waals surface area contributed by atoms with E-state index in [0.717, 1.165) is 11.1 Å². The van der Waals surface area contributed by atoms with Gasteiger partial charge in [0, 0.05) is 5.56 Å². The van der Waals surface area contributed by atoms with E-state index in [0.29, 0.717) is 4.67 Å². The summed E-state index contributed by atoms with van der Waals surface area (Å²) in [5.41, 5.74) is 4.58. The molecular weight excluding hydrogens is 287 g/mol. The van der Waals surface area contributed by atoms with Gasteiger partial charge in [0.2, 0.25) is 0 Å². The van der Waals surface area contributed by atoms with Crippen molar-refractivity contribution in [3.8, 4) is 0 Å². The third-order valence-corrected chi connectivity index (χ3v) is 3.87. The van der Waals surface area contributed by atoms with E-state index in [1.807, 2.05) is 6.07 Å². The van der Waals surface area contributed by atoms with E-state index in [-0.39, 0.29) is 5.38 Å². The molecule has 1 unspecified atom stereocenters. The zero-order chi connectivity index (χ0) is 11.7. The predicted molar refractivity (Wildman–Crippen MR) is 70.0 cm³/mol. The van der Waals surface area contributed by atoms with Gasteiger partial charge in [-0.25, -0.2) is 0 Å². The number of hydrogen-bond donors (Lipinski definition) is 0. The van der Waals surface area contributed by atoms with Gasteiger partial charge in [0.1, 0.15) is 0 Å². The maximum Gasteiger partial charge on any atom is 0.173 e. The summed E-state index contributed by atoms with van der Waals surface area (Å²) in [5, 5.41) is -0.174. The molecule has 0 N–H and O–H groups in total. The van der Waals surface area contributed by atoms with Gasteiger partial charge in [-0.3, -0.25) is 0 Å². The molecule has 84 valence electrons. The third-order valence-electron chi connectivity index (χ3n) is 2.74. The number of rotatable bonds is 2. The lowest BCUT2D eigenvalue weighted by Crippen LogP contribution is -1.94. The summed E-state index contributed by atoms with van der Waals surface area (Å²) in [6.07, 6.45) is 1.63. The van der Waals surface area contributed by atoms with Crippen molar-refractivity contribution in [3.05, 3.63) is 57.5 Å². The minimum Gasteiger partial charge on any atom is -0.457 e. The Morgan fingerprint density at radius 2 is 1.94 bits per heavy atom. The van der Waals surface area contributed by atoms with Crippen LogP contribution in [0.5, 0.6) is 0 Å². The van der Waals surface area contributed by atoms with Crippen molar-refractivity contribution in [3.63, 3.8) is 0 Å². The van der Waals surface area contributed by atoms with Gasteiger partial charge in [-0.05, 0) is 52.5 Å². The molecule has 0 saturated heterocycles. The maximum absolute atomic E-state index is 6.41. The van der Waals surface area contributed by atoms with Crippen LogP contribution in [0, 0.1) is 13.8 Å². The highest BCUT2D eigenvalue weighted by Crippen LogP contribution is 2.34. The van der Waals surface area contributed by atoms with Crippen LogP contribution >= 0.6 is 27.5 Å². The fourth-order valence-corrected chi connectivity index (χ4v) is 2.49. The number of halogens is 2. The molecule has 0 amide bonds. The quantitative estimate of drug-likeness (QED) is 0.712. The summed E-state index contributed by atoms with van der Waals surface area (Å²) >= 11 is 9.76. The first-order chi connectivity index (χ1) is 7.59. The topological polar surface area (TPSA) is 13.1 Å². The summed E-state index contributed by atoms with van der Waals surface area (Å²) in [5.74, 6) is 0. The molecule has 2 aromatic rings.